The first kappa shape index (κ1) is 24.3. The monoisotopic (exact) mass is 502 g/mol. The lowest BCUT2D eigenvalue weighted by atomic mass is 10.1. The quantitative estimate of drug-likeness (QED) is 0.462. The van der Waals surface area contributed by atoms with Gasteiger partial charge < -0.3 is 30.1 Å². The zero-order valence-corrected chi connectivity index (χ0v) is 20.0. The number of nitrogens with one attached hydrogen (secondary N) is 2. The molecule has 0 bridgehead atoms. The van der Waals surface area contributed by atoms with Crippen molar-refractivity contribution in [3.05, 3.63) is 66.0 Å². The van der Waals surface area contributed by atoms with Gasteiger partial charge in [-0.1, -0.05) is 6.08 Å². The van der Waals surface area contributed by atoms with Crippen LogP contribution in [0.3, 0.4) is 0 Å². The van der Waals surface area contributed by atoms with Crippen molar-refractivity contribution in [3.8, 4) is 11.4 Å². The standard InChI is InChI=1S/C26H26N6O5/c33-24(34)19-3-7-21(8-4-19)28-26(35)27-20-5-1-17(2-6-20)22-29-23(18-9-13-36-14-10-18)31-25(30-22)32-11-15-37-16-12-32/h1-9H,10-16H2,(H,33,34)(H2,27,28,35). The summed E-state index contributed by atoms with van der Waals surface area (Å²) in [6.07, 6.45) is 2.75. The molecule has 0 atom stereocenters. The van der Waals surface area contributed by atoms with Gasteiger partial charge in [-0.2, -0.15) is 9.97 Å². The normalized spacial score (nSPS) is 15.6. The summed E-state index contributed by atoms with van der Waals surface area (Å²) in [7, 11) is 0. The third-order valence-electron chi connectivity index (χ3n) is 5.96. The number of hydrogen-bond acceptors (Lipinski definition) is 8. The molecule has 37 heavy (non-hydrogen) atoms. The third-order valence-corrected chi connectivity index (χ3v) is 5.96. The predicted octanol–water partition coefficient (Wildman–Crippen LogP) is 3.52. The number of ether oxygens (including phenoxy) is 2. The number of carboxylic acids is 1. The molecule has 0 spiro atoms. The molecular weight excluding hydrogens is 476 g/mol. The molecule has 0 radical (unpaired) electrons. The molecule has 11 heteroatoms. The van der Waals surface area contributed by atoms with Crippen LogP contribution in [0.5, 0.6) is 0 Å². The topological polar surface area (TPSA) is 139 Å². The molecule has 2 aromatic carbocycles. The molecule has 2 amide bonds. The van der Waals surface area contributed by atoms with E-state index in [0.29, 0.717) is 68.5 Å². The van der Waals surface area contributed by atoms with E-state index in [2.05, 4.69) is 15.5 Å². The van der Waals surface area contributed by atoms with Crippen molar-refractivity contribution in [2.45, 2.75) is 6.42 Å². The first-order valence-corrected chi connectivity index (χ1v) is 11.9. The van der Waals surface area contributed by atoms with E-state index in [4.69, 9.17) is 29.5 Å². The van der Waals surface area contributed by atoms with Crippen molar-refractivity contribution >= 4 is 34.9 Å². The Morgan fingerprint density at radius 1 is 0.811 bits per heavy atom. The first-order valence-electron chi connectivity index (χ1n) is 11.9. The van der Waals surface area contributed by atoms with Crippen LogP contribution in [-0.2, 0) is 9.47 Å². The average Bonchev–Trinajstić information content (AvgIpc) is 2.94. The Balaban J connectivity index is 1.32. The van der Waals surface area contributed by atoms with E-state index in [-0.39, 0.29) is 5.56 Å². The van der Waals surface area contributed by atoms with Crippen LogP contribution >= 0.6 is 0 Å². The summed E-state index contributed by atoms with van der Waals surface area (Å²) in [6.45, 7) is 3.84. The van der Waals surface area contributed by atoms with E-state index in [9.17, 15) is 9.59 Å². The Labute approximate surface area is 213 Å². The smallest absolute Gasteiger partial charge is 0.335 e. The van der Waals surface area contributed by atoms with E-state index in [1.165, 1.54) is 24.3 Å². The maximum atomic E-state index is 12.4. The molecule has 190 valence electrons. The number of carboxylic acid groups (broad SMARTS) is 1. The third kappa shape index (κ3) is 6.08. The number of aromatic nitrogens is 3. The molecule has 3 heterocycles. The molecule has 1 aromatic heterocycles. The van der Waals surface area contributed by atoms with Gasteiger partial charge in [-0.05, 0) is 60.5 Å². The molecule has 2 aliphatic rings. The summed E-state index contributed by atoms with van der Waals surface area (Å²) in [5.41, 5.74) is 3.04. The summed E-state index contributed by atoms with van der Waals surface area (Å²) >= 11 is 0. The number of morpholine rings is 1. The van der Waals surface area contributed by atoms with Gasteiger partial charge in [-0.25, -0.2) is 14.6 Å². The van der Waals surface area contributed by atoms with E-state index < -0.39 is 12.0 Å². The van der Waals surface area contributed by atoms with Crippen molar-refractivity contribution in [2.75, 3.05) is 55.1 Å². The number of aromatic carboxylic acids is 1. The molecule has 0 unspecified atom stereocenters. The number of carbonyl (C=O) groups excluding carboxylic acids is 1. The molecular formula is C26H26N6O5. The predicted molar refractivity (Wildman–Crippen MR) is 138 cm³/mol. The van der Waals surface area contributed by atoms with Gasteiger partial charge in [0.05, 0.1) is 32.0 Å². The number of anilines is 3. The van der Waals surface area contributed by atoms with Crippen LogP contribution in [-0.4, -0.2) is 71.6 Å². The lowest BCUT2D eigenvalue weighted by Crippen LogP contribution is -2.37. The number of hydrogen-bond donors (Lipinski definition) is 3. The van der Waals surface area contributed by atoms with Gasteiger partial charge in [0.15, 0.2) is 11.6 Å². The van der Waals surface area contributed by atoms with Crippen molar-refractivity contribution in [1.82, 2.24) is 15.0 Å². The highest BCUT2D eigenvalue weighted by atomic mass is 16.5. The first-order chi connectivity index (χ1) is 18.0. The Hall–Kier alpha value is -4.35. The summed E-state index contributed by atoms with van der Waals surface area (Å²) in [4.78, 5) is 39.7. The van der Waals surface area contributed by atoms with Gasteiger partial charge in [-0.15, -0.1) is 0 Å². The zero-order chi connectivity index (χ0) is 25.6. The number of carbonyl (C=O) groups is 2. The highest BCUT2D eigenvalue weighted by Gasteiger charge is 2.19. The number of nitrogens with zero attached hydrogens (tertiary/aromatic N) is 4. The summed E-state index contributed by atoms with van der Waals surface area (Å²) in [5, 5.41) is 14.4. The molecule has 1 fully saturated rings. The fourth-order valence-corrected chi connectivity index (χ4v) is 3.96. The fourth-order valence-electron chi connectivity index (χ4n) is 3.96. The number of benzene rings is 2. The highest BCUT2D eigenvalue weighted by Crippen LogP contribution is 2.25. The van der Waals surface area contributed by atoms with Crippen molar-refractivity contribution in [3.63, 3.8) is 0 Å². The molecule has 0 saturated carbocycles. The van der Waals surface area contributed by atoms with Gasteiger partial charge in [0.2, 0.25) is 5.95 Å². The largest absolute Gasteiger partial charge is 0.478 e. The second-order valence-electron chi connectivity index (χ2n) is 8.48. The van der Waals surface area contributed by atoms with Crippen LogP contribution in [0.4, 0.5) is 22.1 Å². The SMILES string of the molecule is O=C(Nc1ccc(C(=O)O)cc1)Nc1ccc(-c2nc(C3=CCOCC3)nc(N3CCOCC3)n2)cc1. The van der Waals surface area contributed by atoms with Crippen molar-refractivity contribution in [1.29, 1.82) is 0 Å². The van der Waals surface area contributed by atoms with Crippen molar-refractivity contribution in [2.24, 2.45) is 0 Å². The molecule has 5 rings (SSSR count). The second-order valence-corrected chi connectivity index (χ2v) is 8.48. The Morgan fingerprint density at radius 3 is 2.08 bits per heavy atom. The van der Waals surface area contributed by atoms with Crippen LogP contribution < -0.4 is 15.5 Å². The maximum absolute atomic E-state index is 12.4. The lowest BCUT2D eigenvalue weighted by Gasteiger charge is -2.27. The van der Waals surface area contributed by atoms with Crippen LogP contribution in [0.15, 0.2) is 54.6 Å². The van der Waals surface area contributed by atoms with Gasteiger partial charge in [-0.3, -0.25) is 0 Å². The van der Waals surface area contributed by atoms with Gasteiger partial charge in [0.25, 0.3) is 0 Å². The van der Waals surface area contributed by atoms with Gasteiger partial charge >= 0.3 is 12.0 Å². The Kier molecular flexibility index (Phi) is 7.33. The molecule has 1 saturated heterocycles. The number of rotatable bonds is 6. The van der Waals surface area contributed by atoms with Crippen LogP contribution in [0, 0.1) is 0 Å². The molecule has 3 aromatic rings. The summed E-state index contributed by atoms with van der Waals surface area (Å²) in [6, 6.07) is 12.7. The van der Waals surface area contributed by atoms with Crippen LogP contribution in [0.25, 0.3) is 17.0 Å². The highest BCUT2D eigenvalue weighted by molar-refractivity contribution is 6.00. The van der Waals surface area contributed by atoms with E-state index in [0.717, 1.165) is 17.6 Å². The molecule has 2 aliphatic heterocycles. The van der Waals surface area contributed by atoms with E-state index in [1.54, 1.807) is 12.1 Å². The number of urea groups is 1. The number of amides is 2. The second kappa shape index (κ2) is 11.1. The molecule has 0 aliphatic carbocycles. The minimum Gasteiger partial charge on any atom is -0.478 e. The fraction of sp³-hybridized carbons (Fsp3) is 0.269. The summed E-state index contributed by atoms with van der Waals surface area (Å²) in [5.74, 6) is 0.785. The molecule has 3 N–H and O–H groups in total. The van der Waals surface area contributed by atoms with E-state index in [1.807, 2.05) is 18.2 Å². The lowest BCUT2D eigenvalue weighted by molar-refractivity contribution is 0.0697. The van der Waals surface area contributed by atoms with Crippen LogP contribution in [0.2, 0.25) is 0 Å². The van der Waals surface area contributed by atoms with Gasteiger partial charge in [0.1, 0.15) is 0 Å². The Bertz CT molecular complexity index is 1300. The molecule has 11 nitrogen and oxygen atoms in total. The van der Waals surface area contributed by atoms with Crippen molar-refractivity contribution < 1.29 is 24.2 Å². The van der Waals surface area contributed by atoms with E-state index >= 15 is 0 Å². The van der Waals surface area contributed by atoms with Gasteiger partial charge in [0, 0.05) is 30.0 Å². The minimum absolute atomic E-state index is 0.146. The Morgan fingerprint density at radius 2 is 1.46 bits per heavy atom. The minimum atomic E-state index is -1.03. The average molecular weight is 503 g/mol. The maximum Gasteiger partial charge on any atom is 0.335 e. The van der Waals surface area contributed by atoms with Crippen LogP contribution in [0.1, 0.15) is 22.6 Å². The zero-order valence-electron chi connectivity index (χ0n) is 20.0. The summed E-state index contributed by atoms with van der Waals surface area (Å²) < 4.78 is 10.9.